The second kappa shape index (κ2) is 6.85. The van der Waals surface area contributed by atoms with Gasteiger partial charge in [0.25, 0.3) is 0 Å². The van der Waals surface area contributed by atoms with E-state index < -0.39 is 0 Å². The lowest BCUT2D eigenvalue weighted by atomic mass is 10.0. The number of aromatic nitrogens is 2. The van der Waals surface area contributed by atoms with E-state index in [1.807, 2.05) is 19.1 Å². The van der Waals surface area contributed by atoms with Gasteiger partial charge in [0.15, 0.2) is 17.1 Å². The largest absolute Gasteiger partial charge is 0.467 e. The number of hydrogen-bond acceptors (Lipinski definition) is 5. The van der Waals surface area contributed by atoms with Crippen molar-refractivity contribution in [2.24, 2.45) is 0 Å². The second-order valence-corrected chi connectivity index (χ2v) is 4.62. The molecule has 1 heterocycles. The van der Waals surface area contributed by atoms with Gasteiger partial charge in [-0.25, -0.2) is 0 Å². The van der Waals surface area contributed by atoms with Gasteiger partial charge in [0, 0.05) is 5.56 Å². The van der Waals surface area contributed by atoms with Crippen LogP contribution in [0.4, 0.5) is 0 Å². The fraction of sp³-hybridized carbons (Fsp3) is 0.231. The molecule has 1 aromatic heterocycles. The fourth-order valence-electron chi connectivity index (χ4n) is 1.67. The zero-order valence-electron chi connectivity index (χ0n) is 10.6. The molecule has 0 atom stereocenters. The van der Waals surface area contributed by atoms with Gasteiger partial charge in [-0.2, -0.15) is 0 Å². The van der Waals surface area contributed by atoms with Crippen LogP contribution in [0.25, 0.3) is 11.1 Å². The Balaban J connectivity index is 2.24. The Morgan fingerprint density at radius 3 is 2.40 bits per heavy atom. The fourth-order valence-corrected chi connectivity index (χ4v) is 2.09. The second-order valence-electron chi connectivity index (χ2n) is 3.90. The van der Waals surface area contributed by atoms with Crippen molar-refractivity contribution in [3.05, 3.63) is 40.1 Å². The summed E-state index contributed by atoms with van der Waals surface area (Å²) in [5.41, 5.74) is 2.37. The first kappa shape index (κ1) is 15.0. The Morgan fingerprint density at radius 2 is 1.75 bits per heavy atom. The van der Waals surface area contributed by atoms with E-state index in [1.165, 1.54) is 0 Å². The molecule has 0 aliphatic heterocycles. The van der Waals surface area contributed by atoms with E-state index in [1.54, 1.807) is 12.1 Å². The molecule has 0 fully saturated rings. The van der Waals surface area contributed by atoms with Crippen LogP contribution >= 0.6 is 23.2 Å². The summed E-state index contributed by atoms with van der Waals surface area (Å²) in [5, 5.41) is 16.7. The minimum atomic E-state index is -0.381. The quantitative estimate of drug-likeness (QED) is 0.678. The average molecular weight is 315 g/mol. The predicted octanol–water partition coefficient (Wildman–Crippen LogP) is 3.06. The monoisotopic (exact) mass is 314 g/mol. The van der Waals surface area contributed by atoms with Crippen molar-refractivity contribution in [1.82, 2.24) is 10.2 Å². The molecule has 2 aromatic rings. The van der Waals surface area contributed by atoms with E-state index in [0.29, 0.717) is 16.1 Å². The Hall–Kier alpha value is -1.40. The predicted molar refractivity (Wildman–Crippen MR) is 75.9 cm³/mol. The van der Waals surface area contributed by atoms with E-state index in [4.69, 9.17) is 33.0 Å². The van der Waals surface area contributed by atoms with E-state index >= 15 is 0 Å². The molecule has 0 aliphatic rings. The van der Waals surface area contributed by atoms with Crippen LogP contribution in [-0.2, 0) is 4.74 Å². The number of benzene rings is 1. The van der Waals surface area contributed by atoms with Crippen molar-refractivity contribution in [2.45, 2.75) is 6.92 Å². The number of aliphatic hydroxyl groups is 1. The van der Waals surface area contributed by atoms with E-state index in [0.717, 1.165) is 16.7 Å². The third-order valence-electron chi connectivity index (χ3n) is 2.66. The van der Waals surface area contributed by atoms with Gasteiger partial charge in [-0.15, -0.1) is 10.2 Å². The van der Waals surface area contributed by atoms with E-state index in [9.17, 15) is 0 Å². The van der Waals surface area contributed by atoms with E-state index in [-0.39, 0.29) is 13.6 Å². The third-order valence-corrected chi connectivity index (χ3v) is 3.28. The molecule has 5 nitrogen and oxygen atoms in total. The molecule has 0 spiro atoms. The zero-order chi connectivity index (χ0) is 14.5. The van der Waals surface area contributed by atoms with Crippen LogP contribution in [0.2, 0.25) is 10.3 Å². The zero-order valence-corrected chi connectivity index (χ0v) is 12.1. The average Bonchev–Trinajstić information content (AvgIpc) is 2.45. The van der Waals surface area contributed by atoms with Crippen molar-refractivity contribution >= 4 is 23.2 Å². The van der Waals surface area contributed by atoms with Crippen LogP contribution in [0.15, 0.2) is 24.3 Å². The summed E-state index contributed by atoms with van der Waals surface area (Å²) in [6.07, 6.45) is 0. The number of aliphatic hydroxyl groups excluding tert-OH is 1. The summed E-state index contributed by atoms with van der Waals surface area (Å²) in [4.78, 5) is 0. The van der Waals surface area contributed by atoms with E-state index in [2.05, 4.69) is 14.9 Å². The molecule has 1 N–H and O–H groups in total. The van der Waals surface area contributed by atoms with Crippen molar-refractivity contribution < 1.29 is 14.6 Å². The maximum absolute atomic E-state index is 8.48. The highest BCUT2D eigenvalue weighted by Gasteiger charge is 2.12. The van der Waals surface area contributed by atoms with Gasteiger partial charge in [-0.1, -0.05) is 35.3 Å². The topological polar surface area (TPSA) is 64.5 Å². The smallest absolute Gasteiger partial charge is 0.191 e. The van der Waals surface area contributed by atoms with Gasteiger partial charge in [0.1, 0.15) is 12.5 Å². The van der Waals surface area contributed by atoms with Gasteiger partial charge in [0.05, 0.1) is 0 Å². The summed E-state index contributed by atoms with van der Waals surface area (Å²) in [6.45, 7) is 1.43. The lowest BCUT2D eigenvalue weighted by Gasteiger charge is -2.10. The first-order valence-corrected chi connectivity index (χ1v) is 6.49. The van der Waals surface area contributed by atoms with Gasteiger partial charge in [0.2, 0.25) is 0 Å². The van der Waals surface area contributed by atoms with Gasteiger partial charge in [-0.05, 0) is 30.2 Å². The molecular weight excluding hydrogens is 303 g/mol. The van der Waals surface area contributed by atoms with Gasteiger partial charge >= 0.3 is 0 Å². The van der Waals surface area contributed by atoms with Crippen molar-refractivity contribution in [2.75, 3.05) is 13.6 Å². The van der Waals surface area contributed by atoms with Crippen molar-refractivity contribution in [3.63, 3.8) is 0 Å². The molecule has 2 rings (SSSR count). The normalized spacial score (nSPS) is 10.6. The van der Waals surface area contributed by atoms with Crippen LogP contribution in [0.3, 0.4) is 0 Å². The minimum absolute atomic E-state index is 0.0156. The van der Waals surface area contributed by atoms with Crippen molar-refractivity contribution in [3.8, 4) is 16.9 Å². The molecule has 20 heavy (non-hydrogen) atoms. The molecule has 0 aliphatic carbocycles. The molecule has 7 heteroatoms. The highest BCUT2D eigenvalue weighted by Crippen LogP contribution is 2.32. The van der Waals surface area contributed by atoms with Crippen LogP contribution in [-0.4, -0.2) is 28.9 Å². The van der Waals surface area contributed by atoms with Crippen molar-refractivity contribution in [1.29, 1.82) is 0 Å². The standard InChI is InChI=1S/C13H12Cl2N2O3/c1-8-11(13(15)17-16-12(8)14)9-2-4-10(5-3-9)20-7-19-6-18/h2-5,18H,6-7H2,1H3. The van der Waals surface area contributed by atoms with Gasteiger partial charge in [-0.3, -0.25) is 0 Å². The number of halogens is 2. The van der Waals surface area contributed by atoms with Crippen LogP contribution in [0.5, 0.6) is 5.75 Å². The first-order valence-electron chi connectivity index (χ1n) is 5.73. The maximum Gasteiger partial charge on any atom is 0.191 e. The summed E-state index contributed by atoms with van der Waals surface area (Å²) in [5.74, 6) is 0.615. The molecular formula is C13H12Cl2N2O3. The molecule has 0 unspecified atom stereocenters. The van der Waals surface area contributed by atoms with Crippen LogP contribution in [0.1, 0.15) is 5.56 Å². The summed E-state index contributed by atoms with van der Waals surface area (Å²) in [7, 11) is 0. The summed E-state index contributed by atoms with van der Waals surface area (Å²) >= 11 is 12.0. The highest BCUT2D eigenvalue weighted by molar-refractivity contribution is 6.34. The number of ether oxygens (including phenoxy) is 2. The Morgan fingerprint density at radius 1 is 1.10 bits per heavy atom. The SMILES string of the molecule is Cc1c(Cl)nnc(Cl)c1-c1ccc(OCOCO)cc1. The van der Waals surface area contributed by atoms with Crippen LogP contribution < -0.4 is 4.74 Å². The molecule has 0 amide bonds. The Labute approximate surface area is 126 Å². The molecule has 1 aromatic carbocycles. The summed E-state index contributed by atoms with van der Waals surface area (Å²) < 4.78 is 9.94. The Kier molecular flexibility index (Phi) is 5.14. The third kappa shape index (κ3) is 3.37. The summed E-state index contributed by atoms with van der Waals surface area (Å²) in [6, 6.07) is 7.20. The van der Waals surface area contributed by atoms with Gasteiger partial charge < -0.3 is 14.6 Å². The number of hydrogen-bond donors (Lipinski definition) is 1. The first-order chi connectivity index (χ1) is 9.63. The number of rotatable bonds is 5. The number of nitrogens with zero attached hydrogens (tertiary/aromatic N) is 2. The minimum Gasteiger partial charge on any atom is -0.467 e. The molecule has 0 radical (unpaired) electrons. The van der Waals surface area contributed by atoms with Crippen LogP contribution in [0, 0.1) is 6.92 Å². The maximum atomic E-state index is 8.48. The highest BCUT2D eigenvalue weighted by atomic mass is 35.5. The lowest BCUT2D eigenvalue weighted by Crippen LogP contribution is -2.03. The molecule has 0 saturated carbocycles. The Bertz CT molecular complexity index is 591. The molecule has 0 bridgehead atoms. The molecule has 106 valence electrons. The lowest BCUT2D eigenvalue weighted by molar-refractivity contribution is -0.0653. The molecule has 0 saturated heterocycles.